The van der Waals surface area contributed by atoms with Gasteiger partial charge in [-0.25, -0.2) is 0 Å². The van der Waals surface area contributed by atoms with Crippen molar-refractivity contribution in [1.29, 1.82) is 0 Å². The molecule has 4 aromatic carbocycles. The molecule has 0 unspecified atom stereocenters. The fourth-order valence-electron chi connectivity index (χ4n) is 3.61. The van der Waals surface area contributed by atoms with Gasteiger partial charge in [0.25, 0.3) is 0 Å². The maximum absolute atomic E-state index is 11.6. The lowest BCUT2D eigenvalue weighted by Crippen LogP contribution is -2.13. The number of hydrogen-bond acceptors (Lipinski definition) is 1. The van der Waals surface area contributed by atoms with Crippen molar-refractivity contribution in [3.8, 4) is 33.4 Å². The minimum Gasteiger partial charge on any atom is -0.369 e. The molecule has 28 heavy (non-hydrogen) atoms. The molecule has 0 saturated heterocycles. The van der Waals surface area contributed by atoms with E-state index >= 15 is 0 Å². The molecule has 0 atom stereocenters. The van der Waals surface area contributed by atoms with Gasteiger partial charge >= 0.3 is 0 Å². The Hall–Kier alpha value is -3.65. The van der Waals surface area contributed by atoms with Crippen LogP contribution in [0, 0.1) is 0 Å². The van der Waals surface area contributed by atoms with E-state index in [4.69, 9.17) is 5.73 Å². The van der Waals surface area contributed by atoms with Crippen LogP contribution < -0.4 is 5.73 Å². The van der Waals surface area contributed by atoms with Crippen molar-refractivity contribution in [1.82, 2.24) is 0 Å². The molecule has 0 aliphatic rings. The number of amides is 1. The van der Waals surface area contributed by atoms with E-state index in [0.717, 1.165) is 38.9 Å². The first-order chi connectivity index (χ1) is 13.7. The second-order valence-corrected chi connectivity index (χ2v) is 6.81. The average molecular weight is 363 g/mol. The van der Waals surface area contributed by atoms with Crippen molar-refractivity contribution in [3.63, 3.8) is 0 Å². The Morgan fingerprint density at radius 1 is 0.607 bits per heavy atom. The van der Waals surface area contributed by atoms with Crippen LogP contribution in [0.4, 0.5) is 0 Å². The Kier molecular flexibility index (Phi) is 5.03. The lowest BCUT2D eigenvalue weighted by atomic mass is 9.85. The monoisotopic (exact) mass is 363 g/mol. The Balaban J connectivity index is 2.06. The van der Waals surface area contributed by atoms with Crippen molar-refractivity contribution in [2.45, 2.75) is 6.42 Å². The van der Waals surface area contributed by atoms with E-state index in [-0.39, 0.29) is 12.3 Å². The average Bonchev–Trinajstić information content (AvgIpc) is 2.74. The third-order valence-electron chi connectivity index (χ3n) is 4.81. The molecule has 0 radical (unpaired) electrons. The number of rotatable bonds is 5. The van der Waals surface area contributed by atoms with Crippen molar-refractivity contribution >= 4 is 5.91 Å². The molecule has 136 valence electrons. The molecule has 1 amide bonds. The molecule has 0 aromatic heterocycles. The quantitative estimate of drug-likeness (QED) is 0.484. The summed E-state index contributed by atoms with van der Waals surface area (Å²) in [7, 11) is 0. The first-order valence-corrected chi connectivity index (χ1v) is 9.34. The van der Waals surface area contributed by atoms with Gasteiger partial charge in [-0.2, -0.15) is 0 Å². The largest absolute Gasteiger partial charge is 0.369 e. The Morgan fingerprint density at radius 3 is 1.39 bits per heavy atom. The molecule has 0 aliphatic carbocycles. The zero-order chi connectivity index (χ0) is 19.3. The van der Waals surface area contributed by atoms with Crippen molar-refractivity contribution < 1.29 is 4.79 Å². The molecule has 4 rings (SSSR count). The van der Waals surface area contributed by atoms with Crippen LogP contribution in [0.3, 0.4) is 0 Å². The van der Waals surface area contributed by atoms with Crippen LogP contribution in [-0.2, 0) is 11.2 Å². The van der Waals surface area contributed by atoms with Crippen molar-refractivity contribution in [3.05, 3.63) is 109 Å². The number of nitrogens with two attached hydrogens (primary N) is 1. The Bertz CT molecular complexity index is 1030. The molecule has 2 heteroatoms. The highest BCUT2D eigenvalue weighted by Gasteiger charge is 2.16. The molecule has 2 N–H and O–H groups in total. The highest BCUT2D eigenvalue weighted by atomic mass is 16.1. The van der Waals surface area contributed by atoms with E-state index in [0.29, 0.717) is 0 Å². The van der Waals surface area contributed by atoms with Crippen molar-refractivity contribution in [2.24, 2.45) is 5.73 Å². The second kappa shape index (κ2) is 7.93. The van der Waals surface area contributed by atoms with Crippen LogP contribution in [0.15, 0.2) is 103 Å². The molecule has 0 spiro atoms. The van der Waals surface area contributed by atoms with Gasteiger partial charge in [0.15, 0.2) is 0 Å². The molecule has 0 fully saturated rings. The van der Waals surface area contributed by atoms with Crippen LogP contribution >= 0.6 is 0 Å². The maximum Gasteiger partial charge on any atom is 0.221 e. The summed E-state index contributed by atoms with van der Waals surface area (Å²) in [6.07, 6.45) is 0.217. The first-order valence-electron chi connectivity index (χ1n) is 9.34. The minimum absolute atomic E-state index is 0.217. The second-order valence-electron chi connectivity index (χ2n) is 6.81. The molecular weight excluding hydrogens is 342 g/mol. The molecule has 0 saturated carbocycles. The molecule has 2 nitrogen and oxygen atoms in total. The van der Waals surface area contributed by atoms with E-state index in [2.05, 4.69) is 60.7 Å². The molecule has 0 bridgehead atoms. The van der Waals surface area contributed by atoms with E-state index in [9.17, 15) is 4.79 Å². The summed E-state index contributed by atoms with van der Waals surface area (Å²) >= 11 is 0. The van der Waals surface area contributed by atoms with Gasteiger partial charge in [0, 0.05) is 0 Å². The zero-order valence-electron chi connectivity index (χ0n) is 15.5. The summed E-state index contributed by atoms with van der Waals surface area (Å²) in [5, 5.41) is 0. The summed E-state index contributed by atoms with van der Waals surface area (Å²) in [5.41, 5.74) is 13.2. The van der Waals surface area contributed by atoms with Crippen LogP contribution in [0.25, 0.3) is 33.4 Å². The summed E-state index contributed by atoms with van der Waals surface area (Å²) < 4.78 is 0. The van der Waals surface area contributed by atoms with E-state index < -0.39 is 0 Å². The van der Waals surface area contributed by atoms with Gasteiger partial charge in [0.05, 0.1) is 6.42 Å². The molecule has 4 aromatic rings. The van der Waals surface area contributed by atoms with Gasteiger partial charge < -0.3 is 5.73 Å². The number of benzene rings is 4. The third-order valence-corrected chi connectivity index (χ3v) is 4.81. The van der Waals surface area contributed by atoms with E-state index in [1.165, 1.54) is 0 Å². The standard InChI is InChI=1S/C26H21NO/c27-25(28)18-19-16-23(20-10-4-1-5-11-20)26(22-14-8-3-9-15-22)24(17-19)21-12-6-2-7-13-21/h1-17H,18H2,(H2,27,28). The topological polar surface area (TPSA) is 43.1 Å². The number of hydrogen-bond donors (Lipinski definition) is 1. The number of carbonyl (C=O) groups excluding carboxylic acids is 1. The SMILES string of the molecule is NC(=O)Cc1cc(-c2ccccc2)c(-c2ccccc2)c(-c2ccccc2)c1. The van der Waals surface area contributed by atoms with Gasteiger partial charge in [-0.1, -0.05) is 91.0 Å². The van der Waals surface area contributed by atoms with Crippen LogP contribution in [-0.4, -0.2) is 5.91 Å². The first kappa shape index (κ1) is 17.7. The smallest absolute Gasteiger partial charge is 0.221 e. The summed E-state index contributed by atoms with van der Waals surface area (Å²) in [5.74, 6) is -0.328. The van der Waals surface area contributed by atoms with Crippen LogP contribution in [0.5, 0.6) is 0 Å². The van der Waals surface area contributed by atoms with Crippen LogP contribution in [0.2, 0.25) is 0 Å². The maximum atomic E-state index is 11.6. The van der Waals surface area contributed by atoms with E-state index in [1.54, 1.807) is 0 Å². The fourth-order valence-corrected chi connectivity index (χ4v) is 3.61. The number of primary amides is 1. The fraction of sp³-hybridized carbons (Fsp3) is 0.0385. The van der Waals surface area contributed by atoms with Gasteiger partial charge in [0.1, 0.15) is 0 Å². The van der Waals surface area contributed by atoms with E-state index in [1.807, 2.05) is 42.5 Å². The Morgan fingerprint density at radius 2 is 1.00 bits per heavy atom. The highest BCUT2D eigenvalue weighted by molar-refractivity contribution is 5.95. The predicted molar refractivity (Wildman–Crippen MR) is 116 cm³/mol. The predicted octanol–water partition coefficient (Wildman–Crippen LogP) is 5.72. The van der Waals surface area contributed by atoms with Crippen LogP contribution in [0.1, 0.15) is 5.56 Å². The van der Waals surface area contributed by atoms with Gasteiger partial charge in [-0.15, -0.1) is 0 Å². The zero-order valence-corrected chi connectivity index (χ0v) is 15.5. The van der Waals surface area contributed by atoms with Gasteiger partial charge in [0.2, 0.25) is 5.91 Å². The molecule has 0 aliphatic heterocycles. The molecular formula is C26H21NO. The molecule has 0 heterocycles. The summed E-state index contributed by atoms with van der Waals surface area (Å²) in [6.45, 7) is 0. The summed E-state index contributed by atoms with van der Waals surface area (Å²) in [6, 6.07) is 35.1. The van der Waals surface area contributed by atoms with Gasteiger partial charge in [-0.3, -0.25) is 4.79 Å². The third kappa shape index (κ3) is 3.72. The van der Waals surface area contributed by atoms with Gasteiger partial charge in [-0.05, 0) is 51.1 Å². The Labute approximate surface area is 165 Å². The number of carbonyl (C=O) groups is 1. The lowest BCUT2D eigenvalue weighted by Gasteiger charge is -2.18. The lowest BCUT2D eigenvalue weighted by molar-refractivity contribution is -0.117. The van der Waals surface area contributed by atoms with Crippen molar-refractivity contribution in [2.75, 3.05) is 0 Å². The summed E-state index contributed by atoms with van der Waals surface area (Å²) in [4.78, 5) is 11.6. The minimum atomic E-state index is -0.328. The highest BCUT2D eigenvalue weighted by Crippen LogP contribution is 2.41. The normalized spacial score (nSPS) is 10.6.